The Labute approximate surface area is 183 Å². The summed E-state index contributed by atoms with van der Waals surface area (Å²) in [6.45, 7) is 2.51. The van der Waals surface area contributed by atoms with Gasteiger partial charge >= 0.3 is 0 Å². The highest BCUT2D eigenvalue weighted by Crippen LogP contribution is 2.34. The van der Waals surface area contributed by atoms with E-state index in [1.54, 1.807) is 34.9 Å². The van der Waals surface area contributed by atoms with Crippen molar-refractivity contribution in [3.8, 4) is 6.07 Å². The first-order chi connectivity index (χ1) is 15.1. The minimum Gasteiger partial charge on any atom is -0.378 e. The molecule has 0 aliphatic carbocycles. The van der Waals surface area contributed by atoms with Crippen LogP contribution in [-0.4, -0.2) is 69.9 Å². The van der Waals surface area contributed by atoms with Gasteiger partial charge in [0, 0.05) is 31.7 Å². The number of ether oxygens (including phenoxy) is 1. The molecule has 2 fully saturated rings. The van der Waals surface area contributed by atoms with Crippen LogP contribution in [0.15, 0.2) is 24.5 Å². The van der Waals surface area contributed by atoms with Gasteiger partial charge in [0.05, 0.1) is 42.7 Å². The number of fused-ring (bicyclic) bond motifs is 1. The Morgan fingerprint density at radius 3 is 2.87 bits per heavy atom. The Bertz CT molecular complexity index is 1150. The first-order valence-corrected chi connectivity index (χ1v) is 10.5. The molecule has 3 aromatic heterocycles. The molecule has 5 heterocycles. The lowest BCUT2D eigenvalue weighted by Crippen LogP contribution is -2.55. The summed E-state index contributed by atoms with van der Waals surface area (Å²) >= 11 is 6.56. The van der Waals surface area contributed by atoms with Crippen LogP contribution in [0.2, 0.25) is 5.15 Å². The van der Waals surface area contributed by atoms with Gasteiger partial charge in [0.15, 0.2) is 10.8 Å². The van der Waals surface area contributed by atoms with E-state index in [1.807, 2.05) is 6.07 Å². The van der Waals surface area contributed by atoms with Crippen molar-refractivity contribution in [1.82, 2.24) is 24.3 Å². The van der Waals surface area contributed by atoms with Crippen molar-refractivity contribution in [2.75, 3.05) is 44.1 Å². The average molecular weight is 445 g/mol. The first kappa shape index (κ1) is 20.1. The van der Waals surface area contributed by atoms with E-state index in [2.05, 4.69) is 31.8 Å². The topological polar surface area (TPSA) is 96.0 Å². The molecule has 0 unspecified atom stereocenters. The maximum atomic E-state index is 14.9. The largest absolute Gasteiger partial charge is 0.378 e. The lowest BCUT2D eigenvalue weighted by molar-refractivity contribution is -0.0847. The number of nitrogens with one attached hydrogen (secondary N) is 2. The van der Waals surface area contributed by atoms with E-state index in [1.165, 1.54) is 0 Å². The number of rotatable bonds is 5. The van der Waals surface area contributed by atoms with Crippen molar-refractivity contribution in [1.29, 1.82) is 5.26 Å². The van der Waals surface area contributed by atoms with Gasteiger partial charge in [-0.1, -0.05) is 11.6 Å². The molecule has 9 nitrogen and oxygen atoms in total. The number of alkyl halides is 1. The van der Waals surface area contributed by atoms with Gasteiger partial charge in [0.2, 0.25) is 0 Å². The zero-order chi connectivity index (χ0) is 21.5. The van der Waals surface area contributed by atoms with E-state index in [0.29, 0.717) is 60.1 Å². The van der Waals surface area contributed by atoms with Crippen molar-refractivity contribution in [3.05, 3.63) is 35.2 Å². The lowest BCUT2D eigenvalue weighted by atomic mass is 10.0. The summed E-state index contributed by atoms with van der Waals surface area (Å²) in [5, 5.41) is 17.9. The fourth-order valence-corrected chi connectivity index (χ4v) is 4.45. The fraction of sp³-hybridized carbons (Fsp3) is 0.450. The van der Waals surface area contributed by atoms with Crippen molar-refractivity contribution < 1.29 is 9.13 Å². The molecular weight excluding hydrogens is 423 g/mol. The summed E-state index contributed by atoms with van der Waals surface area (Å²) in [5.74, 6) is 0.546. The summed E-state index contributed by atoms with van der Waals surface area (Å²) in [7, 11) is 1.75. The number of aromatic nitrogens is 4. The fourth-order valence-electron chi connectivity index (χ4n) is 4.19. The third-order valence-electron chi connectivity index (χ3n) is 6.00. The summed E-state index contributed by atoms with van der Waals surface area (Å²) in [4.78, 5) is 6.73. The highest BCUT2D eigenvalue weighted by atomic mass is 35.5. The van der Waals surface area contributed by atoms with Gasteiger partial charge in [-0.25, -0.2) is 18.7 Å². The molecule has 31 heavy (non-hydrogen) atoms. The molecule has 0 bridgehead atoms. The van der Waals surface area contributed by atoms with Gasteiger partial charge in [-0.15, -0.1) is 0 Å². The standard InChI is InChI=1S/C20H22ClFN8O/c1-24-29-8-12(6-23)14-2-3-18(27-20(14)29)26-16-7-25-30(19(16)21)17-4-5-28(9-15(17)22)13-10-31-11-13/h2-3,7-8,13,15,17,24H,4-5,9-11H2,1H3,(H,26,27)/t15-,17-/m0/s1. The zero-order valence-corrected chi connectivity index (χ0v) is 17.7. The maximum absolute atomic E-state index is 14.9. The Balaban J connectivity index is 1.35. The third-order valence-corrected chi connectivity index (χ3v) is 6.38. The molecule has 11 heteroatoms. The SMILES string of the molecule is CNn1cc(C#N)c2ccc(Nc3cnn([C@H]4CCN(C5COC5)C[C@@H]4F)c3Cl)nc21. The molecule has 0 aromatic carbocycles. The van der Waals surface area contributed by atoms with Crippen LogP contribution >= 0.6 is 11.6 Å². The number of pyridine rings is 1. The second-order valence-electron chi connectivity index (χ2n) is 7.79. The minimum absolute atomic E-state index is 0.323. The smallest absolute Gasteiger partial charge is 0.162 e. The first-order valence-electron chi connectivity index (χ1n) is 10.1. The Morgan fingerprint density at radius 2 is 2.19 bits per heavy atom. The second-order valence-corrected chi connectivity index (χ2v) is 8.15. The molecule has 0 radical (unpaired) electrons. The minimum atomic E-state index is -1.06. The molecule has 0 saturated carbocycles. The van der Waals surface area contributed by atoms with Gasteiger partial charge in [-0.2, -0.15) is 10.4 Å². The Hall–Kier alpha value is -2.87. The molecule has 2 atom stereocenters. The normalized spacial score (nSPS) is 22.3. The zero-order valence-electron chi connectivity index (χ0n) is 16.9. The van der Waals surface area contributed by atoms with Crippen LogP contribution in [0.25, 0.3) is 11.0 Å². The molecule has 5 rings (SSSR count). The van der Waals surface area contributed by atoms with E-state index >= 15 is 0 Å². The number of nitriles is 1. The van der Waals surface area contributed by atoms with E-state index in [0.717, 1.165) is 11.9 Å². The van der Waals surface area contributed by atoms with Crippen molar-refractivity contribution in [2.24, 2.45) is 0 Å². The van der Waals surface area contributed by atoms with Crippen LogP contribution in [-0.2, 0) is 4.74 Å². The molecule has 3 aromatic rings. The molecule has 2 aliphatic heterocycles. The predicted molar refractivity (Wildman–Crippen MR) is 115 cm³/mol. The summed E-state index contributed by atoms with van der Waals surface area (Å²) in [5.41, 5.74) is 4.68. The van der Waals surface area contributed by atoms with Gasteiger partial charge in [0.1, 0.15) is 18.1 Å². The number of anilines is 2. The molecular formula is C20H22ClFN8O. The third kappa shape index (κ3) is 3.48. The van der Waals surface area contributed by atoms with Gasteiger partial charge in [-0.3, -0.25) is 4.90 Å². The predicted octanol–water partition coefficient (Wildman–Crippen LogP) is 2.66. The van der Waals surface area contributed by atoms with E-state index in [-0.39, 0.29) is 0 Å². The number of piperidine rings is 1. The number of hydrogen-bond donors (Lipinski definition) is 2. The molecule has 2 N–H and O–H groups in total. The van der Waals surface area contributed by atoms with Crippen LogP contribution in [0, 0.1) is 11.3 Å². The maximum Gasteiger partial charge on any atom is 0.162 e. The molecule has 2 saturated heterocycles. The molecule has 162 valence electrons. The van der Waals surface area contributed by atoms with Crippen LogP contribution in [0.5, 0.6) is 0 Å². The van der Waals surface area contributed by atoms with Crippen LogP contribution in [0.1, 0.15) is 18.0 Å². The van der Waals surface area contributed by atoms with E-state index in [4.69, 9.17) is 16.3 Å². The summed E-state index contributed by atoms with van der Waals surface area (Å²) in [6.07, 6.45) is 2.85. The van der Waals surface area contributed by atoms with Crippen molar-refractivity contribution >= 4 is 34.1 Å². The summed E-state index contributed by atoms with van der Waals surface area (Å²) in [6, 6.07) is 5.68. The van der Waals surface area contributed by atoms with Gasteiger partial charge < -0.3 is 15.5 Å². The van der Waals surface area contributed by atoms with Crippen LogP contribution < -0.4 is 10.7 Å². The highest BCUT2D eigenvalue weighted by molar-refractivity contribution is 6.32. The molecule has 0 spiro atoms. The Kier molecular flexibility index (Phi) is 5.17. The van der Waals surface area contributed by atoms with Crippen LogP contribution in [0.4, 0.5) is 15.9 Å². The quantitative estimate of drug-likeness (QED) is 0.624. The Morgan fingerprint density at radius 1 is 1.35 bits per heavy atom. The molecule has 2 aliphatic rings. The lowest BCUT2D eigenvalue weighted by Gasteiger charge is -2.42. The monoisotopic (exact) mass is 444 g/mol. The molecule has 0 amide bonds. The van der Waals surface area contributed by atoms with E-state index < -0.39 is 12.2 Å². The van der Waals surface area contributed by atoms with E-state index in [9.17, 15) is 9.65 Å². The highest BCUT2D eigenvalue weighted by Gasteiger charge is 2.37. The number of halogens is 2. The number of hydrogen-bond acceptors (Lipinski definition) is 7. The summed E-state index contributed by atoms with van der Waals surface area (Å²) < 4.78 is 23.4. The second kappa shape index (κ2) is 8.00. The number of nitrogens with zero attached hydrogens (tertiary/aromatic N) is 6. The van der Waals surface area contributed by atoms with Gasteiger partial charge in [0.25, 0.3) is 0 Å². The van der Waals surface area contributed by atoms with Crippen molar-refractivity contribution in [3.63, 3.8) is 0 Å². The van der Waals surface area contributed by atoms with Crippen LogP contribution in [0.3, 0.4) is 0 Å². The number of likely N-dealkylation sites (tertiary alicyclic amines) is 1. The van der Waals surface area contributed by atoms with Crippen molar-refractivity contribution in [2.45, 2.75) is 24.7 Å². The van der Waals surface area contributed by atoms with Gasteiger partial charge in [-0.05, 0) is 18.6 Å². The average Bonchev–Trinajstić information content (AvgIpc) is 3.27.